The fourth-order valence-electron chi connectivity index (χ4n) is 2.18. The van der Waals surface area contributed by atoms with Crippen LogP contribution in [0.5, 0.6) is 0 Å². The number of amides is 1. The molecule has 0 bridgehead atoms. The molecule has 0 aromatic heterocycles. The van der Waals surface area contributed by atoms with E-state index in [2.05, 4.69) is 21.2 Å². The van der Waals surface area contributed by atoms with Gasteiger partial charge in [-0.15, -0.1) is 0 Å². The number of rotatable bonds is 5. The molecule has 1 amide bonds. The van der Waals surface area contributed by atoms with Crippen molar-refractivity contribution in [2.45, 2.75) is 18.2 Å². The molecule has 2 N–H and O–H groups in total. The zero-order valence-corrected chi connectivity index (χ0v) is 14.4. The van der Waals surface area contributed by atoms with E-state index >= 15 is 0 Å². The third-order valence-electron chi connectivity index (χ3n) is 3.46. The molecule has 0 saturated heterocycles. The first kappa shape index (κ1) is 16.3. The molecule has 112 valence electrons. The SMILES string of the molecule is CSC(CO)C(C)NC(=O)c1ccc2cc(Br)ccc2c1. The van der Waals surface area contributed by atoms with Gasteiger partial charge in [-0.05, 0) is 48.2 Å². The molecule has 0 radical (unpaired) electrons. The highest BCUT2D eigenvalue weighted by molar-refractivity contribution is 9.10. The van der Waals surface area contributed by atoms with E-state index in [0.717, 1.165) is 15.2 Å². The summed E-state index contributed by atoms with van der Waals surface area (Å²) in [4.78, 5) is 12.3. The largest absolute Gasteiger partial charge is 0.395 e. The summed E-state index contributed by atoms with van der Waals surface area (Å²) in [6.07, 6.45) is 1.93. The predicted octanol–water partition coefficient (Wildman–Crippen LogP) is 3.44. The molecule has 0 saturated carbocycles. The Labute approximate surface area is 137 Å². The van der Waals surface area contributed by atoms with Crippen LogP contribution in [0.15, 0.2) is 40.9 Å². The molecule has 0 aliphatic heterocycles. The number of nitrogens with one attached hydrogen (secondary N) is 1. The zero-order chi connectivity index (χ0) is 15.4. The molecule has 2 unspecified atom stereocenters. The van der Waals surface area contributed by atoms with Gasteiger partial charge < -0.3 is 10.4 Å². The first-order chi connectivity index (χ1) is 10.0. The summed E-state index contributed by atoms with van der Waals surface area (Å²) < 4.78 is 1.02. The topological polar surface area (TPSA) is 49.3 Å². The Balaban J connectivity index is 2.17. The zero-order valence-electron chi connectivity index (χ0n) is 12.0. The highest BCUT2D eigenvalue weighted by Gasteiger charge is 2.18. The van der Waals surface area contributed by atoms with Gasteiger partial charge >= 0.3 is 0 Å². The van der Waals surface area contributed by atoms with Crippen LogP contribution in [0, 0.1) is 0 Å². The third kappa shape index (κ3) is 3.99. The molecule has 2 rings (SSSR count). The second-order valence-electron chi connectivity index (χ2n) is 4.93. The molecule has 0 aliphatic rings. The van der Waals surface area contributed by atoms with Gasteiger partial charge in [0.1, 0.15) is 0 Å². The van der Waals surface area contributed by atoms with Gasteiger partial charge in [0, 0.05) is 21.3 Å². The van der Waals surface area contributed by atoms with Gasteiger partial charge in [0.05, 0.1) is 6.61 Å². The summed E-state index contributed by atoms with van der Waals surface area (Å²) in [7, 11) is 0. The number of aliphatic hydroxyl groups excluding tert-OH is 1. The fraction of sp³-hybridized carbons (Fsp3) is 0.312. The smallest absolute Gasteiger partial charge is 0.251 e. The number of thioether (sulfide) groups is 1. The van der Waals surface area contributed by atoms with E-state index in [1.54, 1.807) is 11.8 Å². The van der Waals surface area contributed by atoms with Crippen LogP contribution in [0.3, 0.4) is 0 Å². The molecular weight excluding hydrogens is 350 g/mol. The number of aliphatic hydroxyl groups is 1. The number of fused-ring (bicyclic) bond motifs is 1. The quantitative estimate of drug-likeness (QED) is 0.850. The average molecular weight is 368 g/mol. The Bertz CT molecular complexity index is 643. The van der Waals surface area contributed by atoms with Crippen LogP contribution < -0.4 is 5.32 Å². The summed E-state index contributed by atoms with van der Waals surface area (Å²) in [6, 6.07) is 11.5. The van der Waals surface area contributed by atoms with E-state index in [0.29, 0.717) is 5.56 Å². The maximum absolute atomic E-state index is 12.3. The molecule has 0 spiro atoms. The minimum Gasteiger partial charge on any atom is -0.395 e. The molecule has 5 heteroatoms. The Morgan fingerprint density at radius 1 is 1.29 bits per heavy atom. The summed E-state index contributed by atoms with van der Waals surface area (Å²) in [5.74, 6) is -0.111. The molecule has 2 atom stereocenters. The fourth-order valence-corrected chi connectivity index (χ4v) is 3.18. The lowest BCUT2D eigenvalue weighted by atomic mass is 10.1. The minimum absolute atomic E-state index is 0.00496. The standard InChI is InChI=1S/C16H18BrNO2S/c1-10(15(9-19)21-2)18-16(20)13-4-3-12-8-14(17)6-5-11(12)7-13/h3-8,10,15,19H,9H2,1-2H3,(H,18,20). The summed E-state index contributed by atoms with van der Waals surface area (Å²) in [5, 5.41) is 14.3. The van der Waals surface area contributed by atoms with Crippen LogP contribution in [0.25, 0.3) is 10.8 Å². The van der Waals surface area contributed by atoms with Crippen LogP contribution in [-0.2, 0) is 0 Å². The minimum atomic E-state index is -0.111. The second-order valence-corrected chi connectivity index (χ2v) is 6.92. The van der Waals surface area contributed by atoms with E-state index in [1.807, 2.05) is 49.6 Å². The number of hydrogen-bond donors (Lipinski definition) is 2. The first-order valence-electron chi connectivity index (χ1n) is 6.69. The van der Waals surface area contributed by atoms with Crippen molar-refractivity contribution in [1.82, 2.24) is 5.32 Å². The molecule has 0 fully saturated rings. The van der Waals surface area contributed by atoms with Crippen molar-refractivity contribution in [2.75, 3.05) is 12.9 Å². The van der Waals surface area contributed by atoms with Crippen molar-refractivity contribution in [3.05, 3.63) is 46.4 Å². The van der Waals surface area contributed by atoms with Crippen molar-refractivity contribution in [3.8, 4) is 0 Å². The Kier molecular flexibility index (Phi) is 5.67. The highest BCUT2D eigenvalue weighted by atomic mass is 79.9. The molecule has 0 heterocycles. The molecule has 2 aromatic carbocycles. The van der Waals surface area contributed by atoms with Gasteiger partial charge in [0.25, 0.3) is 5.91 Å². The van der Waals surface area contributed by atoms with Gasteiger partial charge in [-0.25, -0.2) is 0 Å². The lowest BCUT2D eigenvalue weighted by molar-refractivity contribution is 0.0936. The normalized spacial score (nSPS) is 13.9. The Morgan fingerprint density at radius 3 is 2.62 bits per heavy atom. The third-order valence-corrected chi connectivity index (χ3v) is 5.12. The Morgan fingerprint density at radius 2 is 1.95 bits per heavy atom. The predicted molar refractivity (Wildman–Crippen MR) is 93.0 cm³/mol. The van der Waals surface area contributed by atoms with Gasteiger partial charge in [-0.2, -0.15) is 11.8 Å². The van der Waals surface area contributed by atoms with Crippen molar-refractivity contribution >= 4 is 44.4 Å². The van der Waals surface area contributed by atoms with Gasteiger partial charge in [-0.1, -0.05) is 28.1 Å². The Hall–Kier alpha value is -1.04. The van der Waals surface area contributed by atoms with Crippen LogP contribution in [0.4, 0.5) is 0 Å². The number of halogens is 1. The highest BCUT2D eigenvalue weighted by Crippen LogP contribution is 2.21. The summed E-state index contributed by atoms with van der Waals surface area (Å²) in [6.45, 7) is 1.96. The lowest BCUT2D eigenvalue weighted by Crippen LogP contribution is -2.41. The maximum atomic E-state index is 12.3. The van der Waals surface area contributed by atoms with E-state index < -0.39 is 0 Å². The van der Waals surface area contributed by atoms with Crippen LogP contribution in [-0.4, -0.2) is 35.2 Å². The van der Waals surface area contributed by atoms with Crippen LogP contribution in [0.1, 0.15) is 17.3 Å². The van der Waals surface area contributed by atoms with Crippen molar-refractivity contribution in [1.29, 1.82) is 0 Å². The second kappa shape index (κ2) is 7.29. The molecule has 21 heavy (non-hydrogen) atoms. The first-order valence-corrected chi connectivity index (χ1v) is 8.77. The van der Waals surface area contributed by atoms with Gasteiger partial charge in [0.2, 0.25) is 0 Å². The van der Waals surface area contributed by atoms with Gasteiger partial charge in [0.15, 0.2) is 0 Å². The summed E-state index contributed by atoms with van der Waals surface area (Å²) >= 11 is 4.99. The van der Waals surface area contributed by atoms with E-state index in [-0.39, 0.29) is 23.8 Å². The molecule has 3 nitrogen and oxygen atoms in total. The van der Waals surface area contributed by atoms with Crippen molar-refractivity contribution in [2.24, 2.45) is 0 Å². The molecular formula is C16H18BrNO2S. The molecule has 2 aromatic rings. The number of benzene rings is 2. The number of carbonyl (C=O) groups is 1. The molecule has 0 aliphatic carbocycles. The monoisotopic (exact) mass is 367 g/mol. The summed E-state index contributed by atoms with van der Waals surface area (Å²) in [5.41, 5.74) is 0.634. The van der Waals surface area contributed by atoms with Crippen LogP contribution >= 0.6 is 27.7 Å². The number of hydrogen-bond acceptors (Lipinski definition) is 3. The van der Waals surface area contributed by atoms with Crippen LogP contribution in [0.2, 0.25) is 0 Å². The maximum Gasteiger partial charge on any atom is 0.251 e. The lowest BCUT2D eigenvalue weighted by Gasteiger charge is -2.21. The number of carbonyl (C=O) groups excluding carboxylic acids is 1. The van der Waals surface area contributed by atoms with Crippen molar-refractivity contribution in [3.63, 3.8) is 0 Å². The average Bonchev–Trinajstić information content (AvgIpc) is 2.47. The van der Waals surface area contributed by atoms with Gasteiger partial charge in [-0.3, -0.25) is 4.79 Å². The van der Waals surface area contributed by atoms with Crippen molar-refractivity contribution < 1.29 is 9.90 Å². The van der Waals surface area contributed by atoms with E-state index in [4.69, 9.17) is 0 Å². The van der Waals surface area contributed by atoms with E-state index in [9.17, 15) is 9.90 Å². The van der Waals surface area contributed by atoms with E-state index in [1.165, 1.54) is 0 Å².